The molecule has 37 heavy (non-hydrogen) atoms. The minimum atomic E-state index is -1.66. The number of carbonyl (C=O) groups excluding carboxylic acids is 4. The second-order valence-electron chi connectivity index (χ2n) is 10.3. The molecule has 1 spiro atoms. The van der Waals surface area contributed by atoms with E-state index in [-0.39, 0.29) is 12.3 Å². The van der Waals surface area contributed by atoms with Crippen LogP contribution in [0.3, 0.4) is 0 Å². The van der Waals surface area contributed by atoms with Crippen molar-refractivity contribution in [2.45, 2.75) is 50.3 Å². The van der Waals surface area contributed by atoms with Gasteiger partial charge in [-0.2, -0.15) is 0 Å². The van der Waals surface area contributed by atoms with Gasteiger partial charge in [-0.3, -0.25) is 14.6 Å². The van der Waals surface area contributed by atoms with Gasteiger partial charge in [-0.15, -0.1) is 0 Å². The number of fused-ring (bicyclic) bond motifs is 3. The Morgan fingerprint density at radius 3 is 2.30 bits per heavy atom. The number of rotatable bonds is 3. The zero-order valence-corrected chi connectivity index (χ0v) is 21.4. The van der Waals surface area contributed by atoms with Crippen LogP contribution in [0.5, 0.6) is 5.75 Å². The maximum Gasteiger partial charge on any atom is 0.421 e. The Bertz CT molecular complexity index is 1290. The molecular formula is C27H29N3O7. The van der Waals surface area contributed by atoms with E-state index >= 15 is 0 Å². The Hall–Kier alpha value is -3.92. The zero-order chi connectivity index (χ0) is 26.7. The topological polar surface area (TPSA) is 106 Å². The molecule has 0 saturated carbocycles. The molecule has 3 aliphatic heterocycles. The van der Waals surface area contributed by atoms with Gasteiger partial charge in [-0.1, -0.05) is 30.3 Å². The van der Waals surface area contributed by atoms with Crippen molar-refractivity contribution in [1.82, 2.24) is 10.0 Å². The number of nitrogens with zero attached hydrogens (tertiary/aromatic N) is 3. The largest absolute Gasteiger partial charge is 0.497 e. The van der Waals surface area contributed by atoms with E-state index in [4.69, 9.17) is 14.2 Å². The molecule has 3 aliphatic rings. The SMILES string of the molecule is COC(=O)[C@H]1N2C(=O)CCN2[C@@H](c2ccc(OC)cc2)C12C(=O)N(C(=O)OC(C)(C)C)c1ccccc12. The number of imide groups is 1. The molecule has 10 heteroatoms. The van der Waals surface area contributed by atoms with Gasteiger partial charge in [0.2, 0.25) is 5.91 Å². The van der Waals surface area contributed by atoms with Crippen molar-refractivity contribution in [3.8, 4) is 5.75 Å². The molecule has 194 valence electrons. The third kappa shape index (κ3) is 3.50. The average molecular weight is 508 g/mol. The van der Waals surface area contributed by atoms with Crippen molar-refractivity contribution in [1.29, 1.82) is 0 Å². The summed E-state index contributed by atoms with van der Waals surface area (Å²) >= 11 is 0. The first kappa shape index (κ1) is 24.8. The Kier molecular flexibility index (Phi) is 5.74. The Balaban J connectivity index is 1.79. The fraction of sp³-hybridized carbons (Fsp3) is 0.407. The number of para-hydroxylation sites is 1. The molecule has 0 bridgehead atoms. The average Bonchev–Trinajstić information content (AvgIpc) is 3.46. The van der Waals surface area contributed by atoms with Crippen LogP contribution in [0.2, 0.25) is 0 Å². The van der Waals surface area contributed by atoms with Crippen LogP contribution in [0.25, 0.3) is 0 Å². The van der Waals surface area contributed by atoms with Gasteiger partial charge in [0.05, 0.1) is 25.9 Å². The molecule has 3 atom stereocenters. The van der Waals surface area contributed by atoms with Crippen LogP contribution in [-0.4, -0.2) is 66.3 Å². The summed E-state index contributed by atoms with van der Waals surface area (Å²) in [6.07, 6.45) is -0.672. The van der Waals surface area contributed by atoms with Crippen LogP contribution in [0, 0.1) is 0 Å². The normalized spacial score (nSPS) is 24.9. The van der Waals surface area contributed by atoms with Crippen LogP contribution >= 0.6 is 0 Å². The highest BCUT2D eigenvalue weighted by atomic mass is 16.6. The summed E-state index contributed by atoms with van der Waals surface area (Å²) in [5, 5.41) is 3.09. The molecule has 0 radical (unpaired) electrons. The number of esters is 1. The number of methoxy groups -OCH3 is 2. The van der Waals surface area contributed by atoms with Crippen molar-refractivity contribution in [2.75, 3.05) is 25.7 Å². The Morgan fingerprint density at radius 1 is 1.00 bits per heavy atom. The summed E-state index contributed by atoms with van der Waals surface area (Å²) in [5.41, 5.74) is -1.09. The highest BCUT2D eigenvalue weighted by molar-refractivity contribution is 6.23. The van der Waals surface area contributed by atoms with Crippen LogP contribution in [0.1, 0.15) is 44.4 Å². The molecular weight excluding hydrogens is 478 g/mol. The highest BCUT2D eigenvalue weighted by Crippen LogP contribution is 2.60. The van der Waals surface area contributed by atoms with E-state index in [1.165, 1.54) is 12.1 Å². The smallest absolute Gasteiger partial charge is 0.421 e. The molecule has 0 N–H and O–H groups in total. The third-order valence-electron chi connectivity index (χ3n) is 7.07. The van der Waals surface area contributed by atoms with E-state index in [0.717, 1.165) is 4.90 Å². The molecule has 1 unspecified atom stereocenters. The van der Waals surface area contributed by atoms with Crippen molar-refractivity contribution in [2.24, 2.45) is 0 Å². The summed E-state index contributed by atoms with van der Waals surface area (Å²) in [6.45, 7) is 5.42. The minimum Gasteiger partial charge on any atom is -0.497 e. The fourth-order valence-corrected chi connectivity index (χ4v) is 5.76. The number of anilines is 1. The number of benzene rings is 2. The van der Waals surface area contributed by atoms with Gasteiger partial charge >= 0.3 is 12.1 Å². The quantitative estimate of drug-likeness (QED) is 0.584. The van der Waals surface area contributed by atoms with Gasteiger partial charge in [-0.25, -0.2) is 19.5 Å². The van der Waals surface area contributed by atoms with Gasteiger partial charge in [0.1, 0.15) is 16.8 Å². The molecule has 0 aromatic heterocycles. The zero-order valence-electron chi connectivity index (χ0n) is 21.4. The number of amides is 3. The van der Waals surface area contributed by atoms with E-state index < -0.39 is 41.1 Å². The Labute approximate surface area is 214 Å². The number of hydrogen-bond acceptors (Lipinski definition) is 8. The molecule has 2 aromatic carbocycles. The van der Waals surface area contributed by atoms with Crippen molar-refractivity contribution >= 4 is 29.6 Å². The Morgan fingerprint density at radius 2 is 1.68 bits per heavy atom. The third-order valence-corrected chi connectivity index (χ3v) is 7.07. The number of carbonyl (C=O) groups is 4. The number of hydrazine groups is 1. The maximum atomic E-state index is 14.6. The van der Waals surface area contributed by atoms with Gasteiger partial charge in [0.15, 0.2) is 6.04 Å². The number of ether oxygens (including phenoxy) is 3. The maximum absolute atomic E-state index is 14.6. The predicted octanol–water partition coefficient (Wildman–Crippen LogP) is 2.96. The summed E-state index contributed by atoms with van der Waals surface area (Å²) < 4.78 is 16.1. The lowest BCUT2D eigenvalue weighted by atomic mass is 9.68. The highest BCUT2D eigenvalue weighted by Gasteiger charge is 2.74. The number of hydrogen-bond donors (Lipinski definition) is 0. The molecule has 3 amide bonds. The summed E-state index contributed by atoms with van der Waals surface area (Å²) in [7, 11) is 2.77. The van der Waals surface area contributed by atoms with Gasteiger partial charge in [0.25, 0.3) is 5.91 Å². The lowest BCUT2D eigenvalue weighted by Crippen LogP contribution is -2.57. The summed E-state index contributed by atoms with van der Waals surface area (Å²) in [6, 6.07) is 11.8. The molecule has 5 rings (SSSR count). The minimum absolute atomic E-state index is 0.182. The van der Waals surface area contributed by atoms with Crippen molar-refractivity contribution in [3.63, 3.8) is 0 Å². The van der Waals surface area contributed by atoms with E-state index in [0.29, 0.717) is 29.1 Å². The molecule has 2 fully saturated rings. The van der Waals surface area contributed by atoms with E-state index in [1.54, 1.807) is 81.4 Å². The molecule has 2 saturated heterocycles. The van der Waals surface area contributed by atoms with Gasteiger partial charge in [-0.05, 0) is 50.1 Å². The lowest BCUT2D eigenvalue weighted by Gasteiger charge is -2.34. The second-order valence-corrected chi connectivity index (χ2v) is 10.3. The summed E-state index contributed by atoms with van der Waals surface area (Å²) in [5.74, 6) is -1.08. The first-order valence-corrected chi connectivity index (χ1v) is 12.0. The molecule has 10 nitrogen and oxygen atoms in total. The van der Waals surface area contributed by atoms with E-state index in [2.05, 4.69) is 0 Å². The van der Waals surface area contributed by atoms with Gasteiger partial charge < -0.3 is 14.2 Å². The molecule has 0 aliphatic carbocycles. The summed E-state index contributed by atoms with van der Waals surface area (Å²) in [4.78, 5) is 55.6. The fourth-order valence-electron chi connectivity index (χ4n) is 5.76. The second kappa shape index (κ2) is 8.58. The van der Waals surface area contributed by atoms with Crippen LogP contribution < -0.4 is 9.64 Å². The van der Waals surface area contributed by atoms with E-state index in [1.807, 2.05) is 0 Å². The lowest BCUT2D eigenvalue weighted by molar-refractivity contribution is -0.158. The van der Waals surface area contributed by atoms with Crippen molar-refractivity contribution < 1.29 is 33.4 Å². The first-order valence-electron chi connectivity index (χ1n) is 12.0. The standard InChI is InChI=1S/C27H29N3O7/c1-26(2,3)37-25(34)29-19-9-7-6-8-18(19)27(24(29)33)21(16-10-12-17(35-4)13-11-16)28-15-14-20(31)30(28)22(27)23(32)36-5/h6-13,21-22H,14-15H2,1-5H3/t21-,22+,27?/m0/s1. The predicted molar refractivity (Wildman–Crippen MR) is 132 cm³/mol. The van der Waals surface area contributed by atoms with Gasteiger partial charge in [0, 0.05) is 13.0 Å². The van der Waals surface area contributed by atoms with E-state index in [9.17, 15) is 19.2 Å². The monoisotopic (exact) mass is 507 g/mol. The van der Waals surface area contributed by atoms with Crippen LogP contribution in [0.15, 0.2) is 48.5 Å². The molecule has 3 heterocycles. The van der Waals surface area contributed by atoms with Crippen molar-refractivity contribution in [3.05, 3.63) is 59.7 Å². The van der Waals surface area contributed by atoms with Crippen LogP contribution in [-0.2, 0) is 29.3 Å². The van der Waals surface area contributed by atoms with Crippen LogP contribution in [0.4, 0.5) is 10.5 Å². The molecule has 2 aromatic rings. The first-order chi connectivity index (χ1) is 17.6.